The van der Waals surface area contributed by atoms with E-state index in [9.17, 15) is 0 Å². The van der Waals surface area contributed by atoms with Gasteiger partial charge in [-0.1, -0.05) is 0 Å². The van der Waals surface area contributed by atoms with Crippen LogP contribution in [0.1, 0.15) is 13.3 Å². The van der Waals surface area contributed by atoms with Crippen LogP contribution in [-0.4, -0.2) is 33.6 Å². The van der Waals surface area contributed by atoms with Gasteiger partial charge in [0.2, 0.25) is 0 Å². The maximum Gasteiger partial charge on any atom is 0.188 e. The van der Waals surface area contributed by atoms with Crippen molar-refractivity contribution in [2.24, 2.45) is 0 Å². The first-order valence-electron chi connectivity index (χ1n) is 3.96. The minimum atomic E-state index is -1.97. The van der Waals surface area contributed by atoms with Crippen LogP contribution in [0.3, 0.4) is 0 Å². The molecule has 12 heavy (non-hydrogen) atoms. The molecule has 0 rings (SSSR count). The highest BCUT2D eigenvalue weighted by molar-refractivity contribution is 8.09. The average molecular weight is 212 g/mol. The summed E-state index contributed by atoms with van der Waals surface area (Å²) >= 11 is 5.17. The first-order valence-corrected chi connectivity index (χ1v) is 6.79. The number of hydrogen-bond acceptors (Lipinski definition) is 4. The topological polar surface area (TPSA) is 27.7 Å². The molecule has 0 aliphatic rings. The molecule has 0 heterocycles. The zero-order valence-corrected chi connectivity index (χ0v) is 9.62. The van der Waals surface area contributed by atoms with E-state index in [1.54, 1.807) is 14.2 Å². The summed E-state index contributed by atoms with van der Waals surface area (Å²) in [7, 11) is 3.20. The van der Waals surface area contributed by atoms with Crippen molar-refractivity contribution in [3.8, 4) is 0 Å². The van der Waals surface area contributed by atoms with E-state index in [0.29, 0.717) is 0 Å². The van der Waals surface area contributed by atoms with Crippen LogP contribution in [0.5, 0.6) is 0 Å². The highest BCUT2D eigenvalue weighted by Crippen LogP contribution is 2.47. The van der Waals surface area contributed by atoms with Crippen LogP contribution < -0.4 is 0 Å². The Kier molecular flexibility index (Phi) is 7.29. The second-order valence-electron chi connectivity index (χ2n) is 2.25. The highest BCUT2D eigenvalue weighted by Gasteiger charge is 2.13. The fourth-order valence-electron chi connectivity index (χ4n) is 0.762. The lowest BCUT2D eigenvalue weighted by molar-refractivity contribution is 0.148. The summed E-state index contributed by atoms with van der Waals surface area (Å²) in [6.45, 7) is 1.50. The van der Waals surface area contributed by atoms with Crippen LogP contribution in [0.25, 0.3) is 0 Å². The third-order valence-electron chi connectivity index (χ3n) is 1.48. The third kappa shape index (κ3) is 5.22. The molecule has 0 bridgehead atoms. The van der Waals surface area contributed by atoms with Gasteiger partial charge in [0.05, 0.1) is 0 Å². The van der Waals surface area contributed by atoms with Gasteiger partial charge in [-0.15, -0.1) is 0 Å². The predicted octanol–water partition coefficient (Wildman–Crippen LogP) is 2.02. The highest BCUT2D eigenvalue weighted by atomic mass is 32.5. The number of ether oxygens (including phenoxy) is 1. The van der Waals surface area contributed by atoms with Crippen molar-refractivity contribution in [3.05, 3.63) is 0 Å². The molecule has 0 unspecified atom stereocenters. The zero-order valence-electron chi connectivity index (χ0n) is 7.91. The quantitative estimate of drug-likeness (QED) is 0.476. The van der Waals surface area contributed by atoms with Gasteiger partial charge in [-0.25, -0.2) is 0 Å². The Balaban J connectivity index is 3.52. The Hall–Kier alpha value is 0.530. The molecule has 0 fully saturated rings. The second-order valence-corrected chi connectivity index (χ2v) is 6.32. The zero-order chi connectivity index (χ0) is 9.45. The molecule has 0 amide bonds. The predicted molar refractivity (Wildman–Crippen MR) is 54.3 cm³/mol. The number of hydrogen-bond donors (Lipinski definition) is 0. The van der Waals surface area contributed by atoms with Crippen molar-refractivity contribution < 1.29 is 13.8 Å². The fourth-order valence-corrected chi connectivity index (χ4v) is 2.18. The Morgan fingerprint density at radius 1 is 1.25 bits per heavy atom. The summed E-state index contributed by atoms with van der Waals surface area (Å²) in [6.07, 6.45) is 1.70. The molecular formula is C7H17O3PS. The SMILES string of the molecule is CCOCCCP(=S)(OC)OC. The maximum absolute atomic E-state index is 5.18. The summed E-state index contributed by atoms with van der Waals surface area (Å²) in [4.78, 5) is 0. The summed E-state index contributed by atoms with van der Waals surface area (Å²) < 4.78 is 15.4. The summed E-state index contributed by atoms with van der Waals surface area (Å²) in [6, 6.07) is 0. The van der Waals surface area contributed by atoms with Crippen LogP contribution in [0.15, 0.2) is 0 Å². The molecule has 0 aromatic rings. The average Bonchev–Trinajstić information content (AvgIpc) is 2.12. The van der Waals surface area contributed by atoms with E-state index in [1.165, 1.54) is 0 Å². The van der Waals surface area contributed by atoms with Gasteiger partial charge in [0, 0.05) is 33.6 Å². The molecule has 0 aliphatic heterocycles. The molecule has 0 saturated carbocycles. The molecule has 0 saturated heterocycles. The molecule has 0 aromatic heterocycles. The van der Waals surface area contributed by atoms with Crippen molar-refractivity contribution in [3.63, 3.8) is 0 Å². The van der Waals surface area contributed by atoms with Crippen LogP contribution in [0.4, 0.5) is 0 Å². The maximum atomic E-state index is 5.18. The van der Waals surface area contributed by atoms with E-state index in [0.717, 1.165) is 25.8 Å². The van der Waals surface area contributed by atoms with Gasteiger partial charge >= 0.3 is 0 Å². The van der Waals surface area contributed by atoms with E-state index < -0.39 is 6.49 Å². The first kappa shape index (κ1) is 12.5. The van der Waals surface area contributed by atoms with Crippen molar-refractivity contribution in [1.29, 1.82) is 0 Å². The van der Waals surface area contributed by atoms with Gasteiger partial charge in [0.15, 0.2) is 6.49 Å². The molecule has 3 nitrogen and oxygen atoms in total. The van der Waals surface area contributed by atoms with Crippen molar-refractivity contribution in [1.82, 2.24) is 0 Å². The monoisotopic (exact) mass is 212 g/mol. The third-order valence-corrected chi connectivity index (χ3v) is 4.90. The Morgan fingerprint density at radius 3 is 2.25 bits per heavy atom. The number of rotatable bonds is 7. The molecule has 0 aromatic carbocycles. The lowest BCUT2D eigenvalue weighted by Gasteiger charge is -2.17. The minimum Gasteiger partial charge on any atom is -0.382 e. The summed E-state index contributed by atoms with van der Waals surface area (Å²) in [5, 5.41) is 0. The molecule has 74 valence electrons. The lowest BCUT2D eigenvalue weighted by atomic mass is 10.5. The van der Waals surface area contributed by atoms with Crippen LogP contribution in [0, 0.1) is 0 Å². The van der Waals surface area contributed by atoms with Crippen LogP contribution in [0.2, 0.25) is 0 Å². The van der Waals surface area contributed by atoms with E-state index >= 15 is 0 Å². The molecule has 0 spiro atoms. The Bertz CT molecular complexity index is 144. The Morgan fingerprint density at radius 2 is 1.83 bits per heavy atom. The normalized spacial score (nSPS) is 11.9. The summed E-state index contributed by atoms with van der Waals surface area (Å²) in [5.41, 5.74) is 0. The van der Waals surface area contributed by atoms with Gasteiger partial charge in [0.25, 0.3) is 0 Å². The molecular weight excluding hydrogens is 195 g/mol. The molecule has 0 aliphatic carbocycles. The smallest absolute Gasteiger partial charge is 0.188 e. The fraction of sp³-hybridized carbons (Fsp3) is 1.00. The molecule has 0 radical (unpaired) electrons. The van der Waals surface area contributed by atoms with Gasteiger partial charge in [-0.3, -0.25) is 0 Å². The van der Waals surface area contributed by atoms with E-state index in [4.69, 9.17) is 25.6 Å². The second kappa shape index (κ2) is 6.98. The largest absolute Gasteiger partial charge is 0.382 e. The molecule has 0 atom stereocenters. The first-order chi connectivity index (χ1) is 5.68. The van der Waals surface area contributed by atoms with E-state index in [1.807, 2.05) is 6.92 Å². The van der Waals surface area contributed by atoms with Gasteiger partial charge in [0.1, 0.15) is 0 Å². The molecule has 5 heteroatoms. The van der Waals surface area contributed by atoms with Crippen LogP contribution >= 0.6 is 6.49 Å². The van der Waals surface area contributed by atoms with Crippen LogP contribution in [-0.2, 0) is 25.6 Å². The van der Waals surface area contributed by atoms with Gasteiger partial charge in [-0.2, -0.15) is 0 Å². The molecule has 0 N–H and O–H groups in total. The van der Waals surface area contributed by atoms with Crippen molar-refractivity contribution in [2.75, 3.05) is 33.6 Å². The standard InChI is InChI=1S/C7H17O3PS/c1-4-10-6-5-7-11(12,8-2)9-3/h4-7H2,1-3H3. The Labute approximate surface area is 79.6 Å². The van der Waals surface area contributed by atoms with Crippen molar-refractivity contribution >= 4 is 18.3 Å². The van der Waals surface area contributed by atoms with E-state index in [-0.39, 0.29) is 0 Å². The van der Waals surface area contributed by atoms with E-state index in [2.05, 4.69) is 0 Å². The van der Waals surface area contributed by atoms with Gasteiger partial charge in [-0.05, 0) is 25.2 Å². The van der Waals surface area contributed by atoms with Gasteiger partial charge < -0.3 is 13.8 Å². The lowest BCUT2D eigenvalue weighted by Crippen LogP contribution is -2.00. The minimum absolute atomic E-state index is 0.738. The van der Waals surface area contributed by atoms with Crippen molar-refractivity contribution in [2.45, 2.75) is 13.3 Å². The summed E-state index contributed by atoms with van der Waals surface area (Å²) in [5.74, 6) is 0.